The predicted molar refractivity (Wildman–Crippen MR) is 49.3 cm³/mol. The Hall–Kier alpha value is -0.830. The van der Waals surface area contributed by atoms with Gasteiger partial charge in [0, 0.05) is 18.4 Å². The van der Waals surface area contributed by atoms with Crippen LogP contribution in [0.1, 0.15) is 26.7 Å². The first-order valence-corrected chi connectivity index (χ1v) is 4.57. The van der Waals surface area contributed by atoms with Crippen LogP contribution < -0.4 is 0 Å². The van der Waals surface area contributed by atoms with E-state index in [1.54, 1.807) is 6.92 Å². The van der Waals surface area contributed by atoms with Crippen molar-refractivity contribution in [3.8, 4) is 0 Å². The van der Waals surface area contributed by atoms with Gasteiger partial charge in [0.2, 0.25) is 0 Å². The molecule has 3 heteroatoms. The van der Waals surface area contributed by atoms with Crippen molar-refractivity contribution in [2.24, 2.45) is 0 Å². The fourth-order valence-corrected chi connectivity index (χ4v) is 1.32. The van der Waals surface area contributed by atoms with E-state index in [1.807, 2.05) is 6.92 Å². The molecule has 2 atom stereocenters. The quantitative estimate of drug-likeness (QED) is 0.483. The highest BCUT2D eigenvalue weighted by molar-refractivity contribution is 5.87. The van der Waals surface area contributed by atoms with E-state index < -0.39 is 0 Å². The molecule has 1 saturated heterocycles. The molecular formula is C10H16O3. The molecule has 13 heavy (non-hydrogen) atoms. The summed E-state index contributed by atoms with van der Waals surface area (Å²) in [6, 6.07) is 0. The monoisotopic (exact) mass is 184 g/mol. The highest BCUT2D eigenvalue weighted by Crippen LogP contribution is 2.17. The summed E-state index contributed by atoms with van der Waals surface area (Å²) in [5, 5.41) is 0. The lowest BCUT2D eigenvalue weighted by atomic mass is 10.1. The molecule has 0 N–H and O–H groups in total. The molecule has 0 aliphatic carbocycles. The smallest absolute Gasteiger partial charge is 0.333 e. The van der Waals surface area contributed by atoms with Gasteiger partial charge in [-0.1, -0.05) is 6.58 Å². The highest BCUT2D eigenvalue weighted by Gasteiger charge is 2.22. The number of hydrogen-bond donors (Lipinski definition) is 0. The van der Waals surface area contributed by atoms with Crippen LogP contribution in [0.2, 0.25) is 0 Å². The number of carbonyl (C=O) groups is 1. The summed E-state index contributed by atoms with van der Waals surface area (Å²) in [6.45, 7) is 7.85. The molecule has 1 aliphatic heterocycles. The minimum absolute atomic E-state index is 0.00736. The lowest BCUT2D eigenvalue weighted by molar-refractivity contribution is -0.150. The zero-order chi connectivity index (χ0) is 9.84. The van der Waals surface area contributed by atoms with Crippen molar-refractivity contribution < 1.29 is 14.3 Å². The lowest BCUT2D eigenvalue weighted by Gasteiger charge is -2.26. The molecule has 74 valence electrons. The molecule has 1 rings (SSSR count). The number of rotatable bonds is 2. The molecular weight excluding hydrogens is 168 g/mol. The Morgan fingerprint density at radius 3 is 2.85 bits per heavy atom. The van der Waals surface area contributed by atoms with Crippen molar-refractivity contribution in [2.75, 3.05) is 6.61 Å². The molecule has 2 unspecified atom stereocenters. The van der Waals surface area contributed by atoms with Crippen molar-refractivity contribution in [1.82, 2.24) is 0 Å². The van der Waals surface area contributed by atoms with Crippen LogP contribution in [0, 0.1) is 0 Å². The van der Waals surface area contributed by atoms with Crippen LogP contribution in [0.4, 0.5) is 0 Å². The predicted octanol–water partition coefficient (Wildman–Crippen LogP) is 1.67. The van der Waals surface area contributed by atoms with Crippen LogP contribution in [0.3, 0.4) is 0 Å². The minimum atomic E-state index is -0.292. The summed E-state index contributed by atoms with van der Waals surface area (Å²) >= 11 is 0. The standard InChI is InChI=1S/C10H16O3/c1-7(2)10(11)13-9-4-5-12-8(3)6-9/h8-9H,1,4-6H2,2-3H3. The SMILES string of the molecule is C=C(C)C(=O)OC1CCOC(C)C1. The first-order valence-electron chi connectivity index (χ1n) is 4.57. The van der Waals surface area contributed by atoms with Crippen LogP contribution >= 0.6 is 0 Å². The van der Waals surface area contributed by atoms with Crippen molar-refractivity contribution >= 4 is 5.97 Å². The van der Waals surface area contributed by atoms with E-state index in [2.05, 4.69) is 6.58 Å². The van der Waals surface area contributed by atoms with Crippen LogP contribution in [0.25, 0.3) is 0 Å². The van der Waals surface area contributed by atoms with Crippen molar-refractivity contribution in [2.45, 2.75) is 38.9 Å². The van der Waals surface area contributed by atoms with Crippen LogP contribution in [0.5, 0.6) is 0 Å². The third-order valence-corrected chi connectivity index (χ3v) is 2.06. The summed E-state index contributed by atoms with van der Waals surface area (Å²) in [5.74, 6) is -0.292. The number of ether oxygens (including phenoxy) is 2. The second-order valence-corrected chi connectivity index (χ2v) is 3.51. The van der Waals surface area contributed by atoms with Gasteiger partial charge in [-0.25, -0.2) is 4.79 Å². The Bertz CT molecular complexity index is 210. The summed E-state index contributed by atoms with van der Waals surface area (Å²) in [4.78, 5) is 11.2. The van der Waals surface area contributed by atoms with E-state index in [0.29, 0.717) is 12.2 Å². The number of carbonyl (C=O) groups excluding carboxylic acids is 1. The van der Waals surface area contributed by atoms with Gasteiger partial charge in [0.05, 0.1) is 12.7 Å². The molecule has 0 saturated carbocycles. The Balaban J connectivity index is 2.36. The van der Waals surface area contributed by atoms with Crippen LogP contribution in [0.15, 0.2) is 12.2 Å². The molecule has 1 heterocycles. The normalized spacial score (nSPS) is 28.2. The minimum Gasteiger partial charge on any atom is -0.459 e. The van der Waals surface area contributed by atoms with E-state index in [0.717, 1.165) is 12.8 Å². The van der Waals surface area contributed by atoms with Gasteiger partial charge < -0.3 is 9.47 Å². The number of esters is 1. The Labute approximate surface area is 78.7 Å². The lowest BCUT2D eigenvalue weighted by Crippen LogP contribution is -2.30. The molecule has 0 bridgehead atoms. The summed E-state index contributed by atoms with van der Waals surface area (Å²) < 4.78 is 10.5. The molecule has 1 fully saturated rings. The van der Waals surface area contributed by atoms with E-state index in [4.69, 9.17) is 9.47 Å². The summed E-state index contributed by atoms with van der Waals surface area (Å²) in [7, 11) is 0. The molecule has 0 aromatic carbocycles. The summed E-state index contributed by atoms with van der Waals surface area (Å²) in [5.41, 5.74) is 0.458. The van der Waals surface area contributed by atoms with Gasteiger partial charge in [-0.05, 0) is 13.8 Å². The molecule has 0 aromatic rings. The van der Waals surface area contributed by atoms with Crippen molar-refractivity contribution in [3.63, 3.8) is 0 Å². The second kappa shape index (κ2) is 4.42. The number of hydrogen-bond acceptors (Lipinski definition) is 3. The van der Waals surface area contributed by atoms with E-state index in [1.165, 1.54) is 0 Å². The fourth-order valence-electron chi connectivity index (χ4n) is 1.32. The van der Waals surface area contributed by atoms with Crippen molar-refractivity contribution in [3.05, 3.63) is 12.2 Å². The van der Waals surface area contributed by atoms with Crippen LogP contribution in [-0.2, 0) is 14.3 Å². The molecule has 0 spiro atoms. The van der Waals surface area contributed by atoms with E-state index >= 15 is 0 Å². The topological polar surface area (TPSA) is 35.5 Å². The molecule has 0 amide bonds. The fraction of sp³-hybridized carbons (Fsp3) is 0.700. The van der Waals surface area contributed by atoms with Gasteiger partial charge in [0.25, 0.3) is 0 Å². The highest BCUT2D eigenvalue weighted by atomic mass is 16.6. The molecule has 0 radical (unpaired) electrons. The average Bonchev–Trinajstić information content (AvgIpc) is 2.04. The molecule has 0 aromatic heterocycles. The van der Waals surface area contributed by atoms with Gasteiger partial charge in [0.1, 0.15) is 6.10 Å². The van der Waals surface area contributed by atoms with E-state index in [-0.39, 0.29) is 18.2 Å². The van der Waals surface area contributed by atoms with E-state index in [9.17, 15) is 4.79 Å². The molecule has 3 nitrogen and oxygen atoms in total. The Morgan fingerprint density at radius 2 is 2.31 bits per heavy atom. The first kappa shape index (κ1) is 10.3. The zero-order valence-electron chi connectivity index (χ0n) is 8.21. The van der Waals surface area contributed by atoms with Gasteiger partial charge in [0.15, 0.2) is 0 Å². The maximum Gasteiger partial charge on any atom is 0.333 e. The second-order valence-electron chi connectivity index (χ2n) is 3.51. The maximum absolute atomic E-state index is 11.2. The van der Waals surface area contributed by atoms with Gasteiger partial charge in [-0.3, -0.25) is 0 Å². The molecule has 1 aliphatic rings. The van der Waals surface area contributed by atoms with Crippen LogP contribution in [-0.4, -0.2) is 24.8 Å². The third-order valence-electron chi connectivity index (χ3n) is 2.06. The zero-order valence-corrected chi connectivity index (χ0v) is 8.21. The van der Waals surface area contributed by atoms with Gasteiger partial charge in [-0.15, -0.1) is 0 Å². The van der Waals surface area contributed by atoms with Gasteiger partial charge in [-0.2, -0.15) is 0 Å². The van der Waals surface area contributed by atoms with Crippen molar-refractivity contribution in [1.29, 1.82) is 0 Å². The Kier molecular flexibility index (Phi) is 3.48. The maximum atomic E-state index is 11.2. The summed E-state index contributed by atoms with van der Waals surface area (Å²) in [6.07, 6.45) is 1.78. The average molecular weight is 184 g/mol. The Morgan fingerprint density at radius 1 is 1.62 bits per heavy atom. The first-order chi connectivity index (χ1) is 6.09. The van der Waals surface area contributed by atoms with Gasteiger partial charge >= 0.3 is 5.97 Å². The third kappa shape index (κ3) is 3.19. The largest absolute Gasteiger partial charge is 0.459 e.